The van der Waals surface area contributed by atoms with Crippen LogP contribution in [0, 0.1) is 30.9 Å². The Hall–Kier alpha value is -3.43. The molecule has 0 saturated carbocycles. The van der Waals surface area contributed by atoms with Gasteiger partial charge in [-0.3, -0.25) is 14.9 Å². The van der Waals surface area contributed by atoms with Crippen molar-refractivity contribution in [1.82, 2.24) is 5.16 Å². The van der Waals surface area contributed by atoms with Crippen molar-refractivity contribution in [2.45, 2.75) is 20.8 Å². The van der Waals surface area contributed by atoms with Gasteiger partial charge in [-0.1, -0.05) is 0 Å². The van der Waals surface area contributed by atoms with Gasteiger partial charge in [-0.25, -0.2) is 4.79 Å². The van der Waals surface area contributed by atoms with Crippen LogP contribution in [-0.4, -0.2) is 35.2 Å². The summed E-state index contributed by atoms with van der Waals surface area (Å²) in [5.41, 5.74) is 1.30. The van der Waals surface area contributed by atoms with Crippen LogP contribution in [0.3, 0.4) is 0 Å². The molecule has 1 aromatic carbocycles. The van der Waals surface area contributed by atoms with Gasteiger partial charge in [0.2, 0.25) is 0 Å². The van der Waals surface area contributed by atoms with Crippen LogP contribution < -0.4 is 10.1 Å². The van der Waals surface area contributed by atoms with E-state index >= 15 is 0 Å². The summed E-state index contributed by atoms with van der Waals surface area (Å²) >= 11 is 0. The topological polar surface area (TPSA) is 134 Å². The number of hydrogen-bond donors (Lipinski definition) is 1. The summed E-state index contributed by atoms with van der Waals surface area (Å²) in [7, 11) is 0. The number of nitro groups is 1. The Morgan fingerprint density at radius 2 is 1.88 bits per heavy atom. The highest BCUT2D eigenvalue weighted by Crippen LogP contribution is 2.27. The number of carbonyl (C=O) groups excluding carboxylic acids is 2. The van der Waals surface area contributed by atoms with Crippen molar-refractivity contribution in [1.29, 1.82) is 0 Å². The molecule has 0 spiro atoms. The van der Waals surface area contributed by atoms with E-state index in [0.29, 0.717) is 5.76 Å². The molecule has 0 aliphatic rings. The lowest BCUT2D eigenvalue weighted by atomic mass is 10.1. The number of aryl methyl sites for hydroxylation is 3. The molecular formula is C16H17N3O7. The number of rotatable bonds is 7. The molecule has 0 fully saturated rings. The molecule has 0 aliphatic heterocycles. The first-order valence-corrected chi connectivity index (χ1v) is 7.53. The Morgan fingerprint density at radius 3 is 2.50 bits per heavy atom. The molecule has 26 heavy (non-hydrogen) atoms. The van der Waals surface area contributed by atoms with Crippen molar-refractivity contribution in [3.8, 4) is 5.88 Å². The number of nitrogens with zero attached hydrogens (tertiary/aromatic N) is 2. The predicted molar refractivity (Wildman–Crippen MR) is 88.9 cm³/mol. The van der Waals surface area contributed by atoms with Gasteiger partial charge >= 0.3 is 5.97 Å². The number of nitrogens with one attached hydrogen (secondary N) is 1. The second kappa shape index (κ2) is 8.10. The third-order valence-corrected chi connectivity index (χ3v) is 3.39. The van der Waals surface area contributed by atoms with E-state index in [1.807, 2.05) is 0 Å². The van der Waals surface area contributed by atoms with Crippen molar-refractivity contribution in [2.75, 3.05) is 18.5 Å². The van der Waals surface area contributed by atoms with Crippen LogP contribution in [0.4, 0.5) is 11.4 Å². The molecule has 2 aromatic rings. The monoisotopic (exact) mass is 363 g/mol. The van der Waals surface area contributed by atoms with E-state index in [2.05, 4.69) is 10.5 Å². The molecule has 1 aromatic heterocycles. The van der Waals surface area contributed by atoms with Crippen LogP contribution in [0.5, 0.6) is 5.88 Å². The maximum atomic E-state index is 11.9. The molecular weight excluding hydrogens is 346 g/mol. The maximum Gasteiger partial charge on any atom is 0.344 e. The zero-order valence-corrected chi connectivity index (χ0v) is 14.4. The molecule has 1 N–H and O–H groups in total. The standard InChI is InChI=1S/C16H17N3O7/c1-9-4-12(13(19(22)23)5-10(9)2)17-14(20)7-25-16(21)8-24-15-6-11(3)26-18-15/h4-6H,7-8H2,1-3H3,(H,17,20). The van der Waals surface area contributed by atoms with Crippen molar-refractivity contribution in [3.63, 3.8) is 0 Å². The van der Waals surface area contributed by atoms with Crippen LogP contribution in [-0.2, 0) is 14.3 Å². The minimum atomic E-state index is -0.796. The highest BCUT2D eigenvalue weighted by atomic mass is 16.6. The van der Waals surface area contributed by atoms with Gasteiger partial charge in [0.25, 0.3) is 17.5 Å². The predicted octanol–water partition coefficient (Wildman–Crippen LogP) is 2.07. The van der Waals surface area contributed by atoms with Crippen LogP contribution in [0.25, 0.3) is 0 Å². The van der Waals surface area contributed by atoms with E-state index in [-0.39, 0.29) is 17.3 Å². The second-order valence-corrected chi connectivity index (χ2v) is 5.48. The smallest absolute Gasteiger partial charge is 0.344 e. The van der Waals surface area contributed by atoms with Gasteiger partial charge in [-0.15, -0.1) is 0 Å². The summed E-state index contributed by atoms with van der Waals surface area (Å²) < 4.78 is 14.5. The lowest BCUT2D eigenvalue weighted by molar-refractivity contribution is -0.384. The minimum Gasteiger partial charge on any atom is -0.463 e. The first kappa shape index (κ1) is 18.9. The maximum absolute atomic E-state index is 11.9. The van der Waals surface area contributed by atoms with Crippen molar-refractivity contribution >= 4 is 23.3 Å². The number of carbonyl (C=O) groups is 2. The minimum absolute atomic E-state index is 0.0356. The number of hydrogen-bond acceptors (Lipinski definition) is 8. The lowest BCUT2D eigenvalue weighted by Gasteiger charge is -2.09. The highest BCUT2D eigenvalue weighted by Gasteiger charge is 2.18. The number of amides is 1. The normalized spacial score (nSPS) is 10.3. The van der Waals surface area contributed by atoms with E-state index < -0.39 is 30.0 Å². The molecule has 0 atom stereocenters. The number of anilines is 1. The zero-order chi connectivity index (χ0) is 19.3. The van der Waals surface area contributed by atoms with Crippen molar-refractivity contribution in [3.05, 3.63) is 45.2 Å². The van der Waals surface area contributed by atoms with E-state index in [0.717, 1.165) is 11.1 Å². The number of nitro benzene ring substituents is 1. The molecule has 1 heterocycles. The number of ether oxygens (including phenoxy) is 2. The van der Waals surface area contributed by atoms with E-state index in [9.17, 15) is 19.7 Å². The molecule has 0 radical (unpaired) electrons. The fraction of sp³-hybridized carbons (Fsp3) is 0.312. The van der Waals surface area contributed by atoms with Crippen LogP contribution in [0.15, 0.2) is 22.7 Å². The van der Waals surface area contributed by atoms with Gasteiger partial charge in [0, 0.05) is 12.1 Å². The van der Waals surface area contributed by atoms with Gasteiger partial charge in [-0.05, 0) is 43.1 Å². The number of aromatic nitrogens is 1. The molecule has 10 nitrogen and oxygen atoms in total. The van der Waals surface area contributed by atoms with Crippen LogP contribution in [0.2, 0.25) is 0 Å². The summed E-state index contributed by atoms with van der Waals surface area (Å²) in [5.74, 6) is -0.866. The fourth-order valence-corrected chi connectivity index (χ4v) is 1.97. The lowest BCUT2D eigenvalue weighted by Crippen LogP contribution is -2.24. The summed E-state index contributed by atoms with van der Waals surface area (Å²) in [6, 6.07) is 4.34. The highest BCUT2D eigenvalue weighted by molar-refractivity contribution is 5.95. The van der Waals surface area contributed by atoms with Crippen molar-refractivity contribution < 1.29 is 28.5 Å². The SMILES string of the molecule is Cc1cc(OCC(=O)OCC(=O)Nc2cc(C)c(C)cc2[N+](=O)[O-])no1. The Balaban J connectivity index is 1.87. The molecule has 0 unspecified atom stereocenters. The summed E-state index contributed by atoms with van der Waals surface area (Å²) in [4.78, 5) is 33.9. The van der Waals surface area contributed by atoms with E-state index in [4.69, 9.17) is 14.0 Å². The molecule has 138 valence electrons. The Labute approximate surface area is 148 Å². The molecule has 1 amide bonds. The van der Waals surface area contributed by atoms with Gasteiger partial charge in [0.15, 0.2) is 13.2 Å². The fourth-order valence-electron chi connectivity index (χ4n) is 1.97. The second-order valence-electron chi connectivity index (χ2n) is 5.48. The Bertz CT molecular complexity index is 844. The average Bonchev–Trinajstić information content (AvgIpc) is 2.99. The molecule has 0 saturated heterocycles. The van der Waals surface area contributed by atoms with Gasteiger partial charge < -0.3 is 19.3 Å². The molecule has 10 heteroatoms. The summed E-state index contributed by atoms with van der Waals surface area (Å²) in [5, 5.41) is 17.0. The van der Waals surface area contributed by atoms with Gasteiger partial charge in [0.05, 0.1) is 4.92 Å². The number of esters is 1. The van der Waals surface area contributed by atoms with Crippen LogP contribution in [0.1, 0.15) is 16.9 Å². The van der Waals surface area contributed by atoms with Crippen LogP contribution >= 0.6 is 0 Å². The third kappa shape index (κ3) is 5.03. The zero-order valence-electron chi connectivity index (χ0n) is 14.4. The number of benzene rings is 1. The van der Waals surface area contributed by atoms with E-state index in [1.165, 1.54) is 18.2 Å². The first-order chi connectivity index (χ1) is 12.3. The first-order valence-electron chi connectivity index (χ1n) is 7.53. The largest absolute Gasteiger partial charge is 0.463 e. The third-order valence-electron chi connectivity index (χ3n) is 3.39. The van der Waals surface area contributed by atoms with E-state index in [1.54, 1.807) is 20.8 Å². The quantitative estimate of drug-likeness (QED) is 0.449. The van der Waals surface area contributed by atoms with Gasteiger partial charge in [-0.2, -0.15) is 0 Å². The van der Waals surface area contributed by atoms with Gasteiger partial charge in [0.1, 0.15) is 11.4 Å². The summed E-state index contributed by atoms with van der Waals surface area (Å²) in [6.45, 7) is 4.09. The molecule has 0 bridgehead atoms. The average molecular weight is 363 g/mol. The molecule has 2 rings (SSSR count). The molecule has 0 aliphatic carbocycles. The Kier molecular flexibility index (Phi) is 5.89. The summed E-state index contributed by atoms with van der Waals surface area (Å²) in [6.07, 6.45) is 0. The Morgan fingerprint density at radius 1 is 1.19 bits per heavy atom. The van der Waals surface area contributed by atoms with Crippen molar-refractivity contribution in [2.24, 2.45) is 0 Å².